The first-order valence-electron chi connectivity index (χ1n) is 8.30. The van der Waals surface area contributed by atoms with E-state index in [9.17, 15) is 22.0 Å². The van der Waals surface area contributed by atoms with Crippen LogP contribution in [-0.2, 0) is 14.8 Å². The lowest BCUT2D eigenvalue weighted by atomic mass is 10.2. The van der Waals surface area contributed by atoms with Gasteiger partial charge >= 0.3 is 6.61 Å². The molecule has 1 heterocycles. The molecule has 0 radical (unpaired) electrons. The Morgan fingerprint density at radius 1 is 1.11 bits per heavy atom. The quantitative estimate of drug-likeness (QED) is 0.814. The molecule has 2 aromatic rings. The van der Waals surface area contributed by atoms with Gasteiger partial charge in [-0.1, -0.05) is 18.2 Å². The molecule has 1 N–H and O–H groups in total. The van der Waals surface area contributed by atoms with Crippen LogP contribution in [0.5, 0.6) is 5.75 Å². The van der Waals surface area contributed by atoms with Gasteiger partial charge in [0.25, 0.3) is 0 Å². The minimum atomic E-state index is -3.78. The molecule has 1 aliphatic rings. The van der Waals surface area contributed by atoms with Crippen LogP contribution >= 0.6 is 0 Å². The number of amides is 1. The van der Waals surface area contributed by atoms with E-state index >= 15 is 0 Å². The first-order chi connectivity index (χ1) is 12.9. The molecule has 144 valence electrons. The zero-order valence-corrected chi connectivity index (χ0v) is 15.0. The van der Waals surface area contributed by atoms with Crippen molar-refractivity contribution in [2.75, 3.05) is 11.9 Å². The molecule has 0 aromatic heterocycles. The van der Waals surface area contributed by atoms with Gasteiger partial charge in [0.1, 0.15) is 11.8 Å². The van der Waals surface area contributed by atoms with Gasteiger partial charge in [0.15, 0.2) is 0 Å². The highest BCUT2D eigenvalue weighted by atomic mass is 32.2. The van der Waals surface area contributed by atoms with E-state index in [1.54, 1.807) is 18.2 Å². The van der Waals surface area contributed by atoms with Crippen LogP contribution in [0.25, 0.3) is 0 Å². The van der Waals surface area contributed by atoms with Gasteiger partial charge in [-0.3, -0.25) is 4.79 Å². The van der Waals surface area contributed by atoms with Gasteiger partial charge in [-0.15, -0.1) is 0 Å². The Morgan fingerprint density at radius 3 is 2.41 bits per heavy atom. The molecule has 1 aliphatic heterocycles. The molecule has 1 saturated heterocycles. The molecule has 1 fully saturated rings. The van der Waals surface area contributed by atoms with Gasteiger partial charge in [-0.05, 0) is 49.2 Å². The summed E-state index contributed by atoms with van der Waals surface area (Å²) in [6, 6.07) is 12.6. The Bertz CT molecular complexity index is 889. The van der Waals surface area contributed by atoms with E-state index in [0.717, 1.165) is 0 Å². The fourth-order valence-corrected chi connectivity index (χ4v) is 4.64. The highest BCUT2D eigenvalue weighted by molar-refractivity contribution is 7.89. The molecule has 0 bridgehead atoms. The topological polar surface area (TPSA) is 75.7 Å². The predicted octanol–water partition coefficient (Wildman–Crippen LogP) is 3.08. The lowest BCUT2D eigenvalue weighted by Gasteiger charge is -2.23. The van der Waals surface area contributed by atoms with Crippen molar-refractivity contribution < 1.29 is 26.7 Å². The summed E-state index contributed by atoms with van der Waals surface area (Å²) in [7, 11) is -3.78. The Morgan fingerprint density at radius 2 is 1.78 bits per heavy atom. The minimum Gasteiger partial charge on any atom is -0.435 e. The molecule has 0 spiro atoms. The highest BCUT2D eigenvalue weighted by Gasteiger charge is 2.39. The fourth-order valence-electron chi connectivity index (χ4n) is 2.96. The molecule has 1 amide bonds. The molecule has 1 atom stereocenters. The van der Waals surface area contributed by atoms with E-state index in [1.807, 2.05) is 0 Å². The standard InChI is InChI=1S/C18H18F2N2O4S/c19-18(20)26-14-10-8-13(9-11-14)21-17(23)16-7-4-12-22(16)27(24,25)15-5-2-1-3-6-15/h1-3,5-6,8-11,16,18H,4,7,12H2,(H,21,23). The normalized spacial score (nSPS) is 17.8. The Labute approximate surface area is 155 Å². The van der Waals surface area contributed by atoms with E-state index in [0.29, 0.717) is 18.5 Å². The molecular formula is C18H18F2N2O4S. The average molecular weight is 396 g/mol. The zero-order valence-electron chi connectivity index (χ0n) is 14.2. The van der Waals surface area contributed by atoms with Crippen LogP contribution in [0, 0.1) is 0 Å². The van der Waals surface area contributed by atoms with E-state index in [2.05, 4.69) is 10.1 Å². The van der Waals surface area contributed by atoms with Gasteiger partial charge < -0.3 is 10.1 Å². The third-order valence-corrected chi connectivity index (χ3v) is 6.13. The van der Waals surface area contributed by atoms with Crippen molar-refractivity contribution in [2.24, 2.45) is 0 Å². The second kappa shape index (κ2) is 8.01. The van der Waals surface area contributed by atoms with Gasteiger partial charge in [0.05, 0.1) is 4.90 Å². The third kappa shape index (κ3) is 4.42. The lowest BCUT2D eigenvalue weighted by molar-refractivity contribution is -0.119. The van der Waals surface area contributed by atoms with Crippen LogP contribution in [0.3, 0.4) is 0 Å². The number of anilines is 1. The number of hydrogen-bond acceptors (Lipinski definition) is 4. The second-order valence-electron chi connectivity index (χ2n) is 5.98. The van der Waals surface area contributed by atoms with E-state index in [-0.39, 0.29) is 17.2 Å². The van der Waals surface area contributed by atoms with Crippen LogP contribution in [0.2, 0.25) is 0 Å². The van der Waals surface area contributed by atoms with Crippen LogP contribution in [0.1, 0.15) is 12.8 Å². The summed E-state index contributed by atoms with van der Waals surface area (Å²) in [5.74, 6) is -0.494. The molecule has 3 rings (SSSR count). The van der Waals surface area contributed by atoms with Crippen molar-refractivity contribution in [1.29, 1.82) is 0 Å². The van der Waals surface area contributed by atoms with E-state index in [1.165, 1.54) is 40.7 Å². The smallest absolute Gasteiger partial charge is 0.387 e. The van der Waals surface area contributed by atoms with Gasteiger partial charge in [0.2, 0.25) is 15.9 Å². The number of halogens is 2. The Kier molecular flexibility index (Phi) is 5.71. The number of carbonyl (C=O) groups excluding carboxylic acids is 1. The van der Waals surface area contributed by atoms with Crippen molar-refractivity contribution in [3.05, 3.63) is 54.6 Å². The molecule has 1 unspecified atom stereocenters. The first-order valence-corrected chi connectivity index (χ1v) is 9.74. The number of sulfonamides is 1. The van der Waals surface area contributed by atoms with Crippen molar-refractivity contribution in [2.45, 2.75) is 30.4 Å². The highest BCUT2D eigenvalue weighted by Crippen LogP contribution is 2.27. The largest absolute Gasteiger partial charge is 0.435 e. The average Bonchev–Trinajstić information content (AvgIpc) is 3.14. The molecule has 27 heavy (non-hydrogen) atoms. The van der Waals surface area contributed by atoms with Crippen molar-refractivity contribution >= 4 is 21.6 Å². The van der Waals surface area contributed by atoms with Crippen LogP contribution in [0.15, 0.2) is 59.5 Å². The number of hydrogen-bond donors (Lipinski definition) is 1. The monoisotopic (exact) mass is 396 g/mol. The Balaban J connectivity index is 1.72. The third-order valence-electron chi connectivity index (χ3n) is 4.20. The van der Waals surface area contributed by atoms with E-state index in [4.69, 9.17) is 0 Å². The first kappa shape index (κ1) is 19.2. The lowest BCUT2D eigenvalue weighted by Crippen LogP contribution is -2.43. The minimum absolute atomic E-state index is 0.0304. The maximum absolute atomic E-state index is 12.8. The number of rotatable bonds is 6. The summed E-state index contributed by atoms with van der Waals surface area (Å²) in [6.07, 6.45) is 0.982. The van der Waals surface area contributed by atoms with Crippen molar-refractivity contribution in [3.63, 3.8) is 0 Å². The summed E-state index contributed by atoms with van der Waals surface area (Å²) in [5, 5.41) is 2.63. The molecule has 0 saturated carbocycles. The summed E-state index contributed by atoms with van der Waals surface area (Å²) in [6.45, 7) is -2.67. The van der Waals surface area contributed by atoms with E-state index < -0.39 is 28.6 Å². The molecule has 6 nitrogen and oxygen atoms in total. The maximum atomic E-state index is 12.8. The van der Waals surface area contributed by atoms with Gasteiger partial charge in [-0.2, -0.15) is 13.1 Å². The number of carbonyl (C=O) groups is 1. The number of alkyl halides is 2. The van der Waals surface area contributed by atoms with Crippen molar-refractivity contribution in [1.82, 2.24) is 4.31 Å². The predicted molar refractivity (Wildman–Crippen MR) is 95.1 cm³/mol. The molecular weight excluding hydrogens is 378 g/mol. The fraction of sp³-hybridized carbons (Fsp3) is 0.278. The summed E-state index contributed by atoms with van der Waals surface area (Å²) >= 11 is 0. The van der Waals surface area contributed by atoms with Crippen LogP contribution < -0.4 is 10.1 Å². The molecule has 0 aliphatic carbocycles. The summed E-state index contributed by atoms with van der Waals surface area (Å²) in [4.78, 5) is 12.7. The zero-order chi connectivity index (χ0) is 19.4. The van der Waals surface area contributed by atoms with Crippen molar-refractivity contribution in [3.8, 4) is 5.75 Å². The Hall–Kier alpha value is -2.52. The van der Waals surface area contributed by atoms with Gasteiger partial charge in [0, 0.05) is 12.2 Å². The SMILES string of the molecule is O=C(Nc1ccc(OC(F)F)cc1)C1CCCN1S(=O)(=O)c1ccccc1. The molecule has 9 heteroatoms. The summed E-state index contributed by atoms with van der Waals surface area (Å²) < 4.78 is 55.4. The second-order valence-corrected chi connectivity index (χ2v) is 7.87. The number of ether oxygens (including phenoxy) is 1. The van der Waals surface area contributed by atoms with Gasteiger partial charge in [-0.25, -0.2) is 8.42 Å². The number of benzene rings is 2. The number of nitrogens with one attached hydrogen (secondary N) is 1. The molecule has 2 aromatic carbocycles. The summed E-state index contributed by atoms with van der Waals surface area (Å²) in [5.41, 5.74) is 0.366. The van der Waals surface area contributed by atoms with Crippen LogP contribution in [0.4, 0.5) is 14.5 Å². The number of nitrogens with zero attached hydrogens (tertiary/aromatic N) is 1. The van der Waals surface area contributed by atoms with Crippen LogP contribution in [-0.4, -0.2) is 37.8 Å². The maximum Gasteiger partial charge on any atom is 0.387 e.